The number of hydrogen-bond acceptors (Lipinski definition) is 8. The number of benzene rings is 2. The van der Waals surface area contributed by atoms with Crippen LogP contribution < -0.4 is 9.64 Å². The van der Waals surface area contributed by atoms with E-state index in [4.69, 9.17) is 15.0 Å². The van der Waals surface area contributed by atoms with E-state index in [9.17, 15) is 4.79 Å². The molecule has 2 heterocycles. The van der Waals surface area contributed by atoms with Gasteiger partial charge < -0.3 is 9.64 Å². The number of carbonyl (C=O) groups excluding carboxylic acids is 1. The molecule has 0 amide bonds. The van der Waals surface area contributed by atoms with E-state index >= 15 is 0 Å². The maximum atomic E-state index is 11.2. The predicted octanol–water partition coefficient (Wildman–Crippen LogP) is 4.57. The van der Waals surface area contributed by atoms with E-state index < -0.39 is 0 Å². The number of carbonyl (C=O) groups is 1. The number of aldehydes is 1. The molecule has 0 spiro atoms. The molecule has 3 aromatic rings. The van der Waals surface area contributed by atoms with E-state index in [-0.39, 0.29) is 0 Å². The summed E-state index contributed by atoms with van der Waals surface area (Å²) in [7, 11) is 0. The number of nitrogens with zero attached hydrogens (tertiary/aromatic N) is 5. The summed E-state index contributed by atoms with van der Waals surface area (Å²) in [6.45, 7) is 6.44. The summed E-state index contributed by atoms with van der Waals surface area (Å²) in [5.41, 5.74) is 2.52. The summed E-state index contributed by atoms with van der Waals surface area (Å²) in [6.07, 6.45) is 5.22. The molecule has 1 saturated heterocycles. The zero-order valence-corrected chi connectivity index (χ0v) is 20.5. The van der Waals surface area contributed by atoms with Gasteiger partial charge in [0.25, 0.3) is 0 Å². The zero-order chi connectivity index (χ0) is 24.3. The quantitative estimate of drug-likeness (QED) is 0.429. The van der Waals surface area contributed by atoms with Gasteiger partial charge in [-0.05, 0) is 55.7 Å². The molecule has 1 aliphatic heterocycles. The lowest BCUT2D eigenvalue weighted by Crippen LogP contribution is -2.51. The molecule has 1 aromatic heterocycles. The van der Waals surface area contributed by atoms with Crippen LogP contribution in [0.2, 0.25) is 0 Å². The Morgan fingerprint density at radius 1 is 1.14 bits per heavy atom. The first-order chi connectivity index (χ1) is 17.1. The average molecular weight is 486 g/mol. The third kappa shape index (κ3) is 5.47. The van der Waals surface area contributed by atoms with Crippen molar-refractivity contribution in [3.63, 3.8) is 0 Å². The number of nitriles is 1. The number of piperazine rings is 1. The summed E-state index contributed by atoms with van der Waals surface area (Å²) in [5, 5.41) is 9.07. The predicted molar refractivity (Wildman–Crippen MR) is 135 cm³/mol. The smallest absolute Gasteiger partial charge is 0.232 e. The summed E-state index contributed by atoms with van der Waals surface area (Å²) < 4.78 is 6.18. The SMILES string of the molecule is CC1(N2CCN(c3ncc(Sc4ccc(C#N)cc4)c(OCc4cccc(C=O)c4)n3)CC2)CC1. The fourth-order valence-electron chi connectivity index (χ4n) is 4.25. The number of ether oxygens (including phenoxy) is 1. The van der Waals surface area contributed by atoms with Crippen LogP contribution in [-0.2, 0) is 6.61 Å². The van der Waals surface area contributed by atoms with Crippen LogP contribution in [-0.4, -0.2) is 52.9 Å². The van der Waals surface area contributed by atoms with Crippen molar-refractivity contribution in [3.05, 3.63) is 71.4 Å². The van der Waals surface area contributed by atoms with Gasteiger partial charge in [0.05, 0.1) is 22.7 Å². The molecule has 0 unspecified atom stereocenters. The Bertz CT molecular complexity index is 1250. The van der Waals surface area contributed by atoms with Crippen LogP contribution in [0.3, 0.4) is 0 Å². The molecule has 2 aliphatic rings. The number of rotatable bonds is 8. The minimum Gasteiger partial charge on any atom is -0.472 e. The Hall–Kier alpha value is -3.41. The van der Waals surface area contributed by atoms with Gasteiger partial charge in [-0.25, -0.2) is 4.98 Å². The normalized spacial score (nSPS) is 17.0. The maximum absolute atomic E-state index is 11.2. The molecule has 5 rings (SSSR count). The minimum atomic E-state index is 0.297. The fourth-order valence-corrected chi connectivity index (χ4v) is 5.07. The van der Waals surface area contributed by atoms with Crippen LogP contribution in [0.4, 0.5) is 5.95 Å². The highest BCUT2D eigenvalue weighted by Crippen LogP contribution is 2.41. The van der Waals surface area contributed by atoms with Gasteiger partial charge in [-0.15, -0.1) is 0 Å². The van der Waals surface area contributed by atoms with Crippen molar-refractivity contribution < 1.29 is 9.53 Å². The Morgan fingerprint density at radius 3 is 2.60 bits per heavy atom. The molecule has 35 heavy (non-hydrogen) atoms. The third-order valence-corrected chi connectivity index (χ3v) is 7.69. The third-order valence-electron chi connectivity index (χ3n) is 6.68. The van der Waals surface area contributed by atoms with Crippen molar-refractivity contribution in [2.45, 2.75) is 41.7 Å². The van der Waals surface area contributed by atoms with Gasteiger partial charge >= 0.3 is 0 Å². The van der Waals surface area contributed by atoms with Gasteiger partial charge in [-0.2, -0.15) is 10.2 Å². The Morgan fingerprint density at radius 2 is 1.91 bits per heavy atom. The standard InChI is InChI=1S/C27H27N5O2S/c1-27(9-10-27)32-13-11-31(12-14-32)26-29-17-24(35-23-7-5-20(16-28)6-8-23)25(30-26)34-19-22-4-2-3-21(15-22)18-33/h2-8,15,17-18H,9-14,19H2,1H3. The maximum Gasteiger partial charge on any atom is 0.232 e. The van der Waals surface area contributed by atoms with Crippen LogP contribution >= 0.6 is 11.8 Å². The molecule has 1 aliphatic carbocycles. The van der Waals surface area contributed by atoms with Gasteiger partial charge in [0, 0.05) is 42.2 Å². The topological polar surface area (TPSA) is 82.4 Å². The first-order valence-electron chi connectivity index (χ1n) is 11.8. The van der Waals surface area contributed by atoms with E-state index in [0.717, 1.165) is 47.8 Å². The highest BCUT2D eigenvalue weighted by Gasteiger charge is 2.44. The number of hydrogen-bond donors (Lipinski definition) is 0. The second-order valence-electron chi connectivity index (χ2n) is 9.20. The lowest BCUT2D eigenvalue weighted by atomic mass is 10.1. The lowest BCUT2D eigenvalue weighted by molar-refractivity contribution is 0.112. The molecule has 8 heteroatoms. The van der Waals surface area contributed by atoms with Gasteiger partial charge in [0.1, 0.15) is 12.9 Å². The van der Waals surface area contributed by atoms with Gasteiger partial charge in [0.2, 0.25) is 11.8 Å². The highest BCUT2D eigenvalue weighted by atomic mass is 32.2. The van der Waals surface area contributed by atoms with Crippen LogP contribution in [0.25, 0.3) is 0 Å². The van der Waals surface area contributed by atoms with Crippen molar-refractivity contribution in [1.29, 1.82) is 5.26 Å². The average Bonchev–Trinajstić information content (AvgIpc) is 3.67. The second-order valence-corrected chi connectivity index (χ2v) is 10.3. The van der Waals surface area contributed by atoms with Crippen LogP contribution in [0, 0.1) is 11.3 Å². The summed E-state index contributed by atoms with van der Waals surface area (Å²) in [6, 6.07) is 16.9. The van der Waals surface area contributed by atoms with Crippen molar-refractivity contribution in [2.75, 3.05) is 31.1 Å². The number of aromatic nitrogens is 2. The molecule has 178 valence electrons. The summed E-state index contributed by atoms with van der Waals surface area (Å²) in [4.78, 5) is 27.2. The van der Waals surface area contributed by atoms with Crippen molar-refractivity contribution in [1.82, 2.24) is 14.9 Å². The van der Waals surface area contributed by atoms with Crippen LogP contribution in [0.5, 0.6) is 5.88 Å². The van der Waals surface area contributed by atoms with E-state index in [0.29, 0.717) is 35.1 Å². The molecule has 0 atom stereocenters. The van der Waals surface area contributed by atoms with Crippen molar-refractivity contribution in [2.24, 2.45) is 0 Å². The van der Waals surface area contributed by atoms with Gasteiger partial charge in [-0.1, -0.05) is 30.0 Å². The van der Waals surface area contributed by atoms with E-state index in [2.05, 4.69) is 27.8 Å². The molecular formula is C27H27N5O2S. The van der Waals surface area contributed by atoms with Crippen molar-refractivity contribution >= 4 is 24.0 Å². The van der Waals surface area contributed by atoms with Gasteiger partial charge in [-0.3, -0.25) is 9.69 Å². The summed E-state index contributed by atoms with van der Waals surface area (Å²) in [5.74, 6) is 1.18. The molecule has 1 saturated carbocycles. The molecular weight excluding hydrogens is 458 g/mol. The van der Waals surface area contributed by atoms with Crippen LogP contribution in [0.15, 0.2) is 64.5 Å². The molecule has 7 nitrogen and oxygen atoms in total. The monoisotopic (exact) mass is 485 g/mol. The van der Waals surface area contributed by atoms with E-state index in [1.165, 1.54) is 24.6 Å². The molecule has 2 aromatic carbocycles. The molecule has 0 bridgehead atoms. The van der Waals surface area contributed by atoms with Gasteiger partial charge in [0.15, 0.2) is 0 Å². The Kier molecular flexibility index (Phi) is 6.71. The highest BCUT2D eigenvalue weighted by molar-refractivity contribution is 7.99. The molecule has 2 fully saturated rings. The first kappa shape index (κ1) is 23.3. The van der Waals surface area contributed by atoms with E-state index in [1.54, 1.807) is 18.2 Å². The van der Waals surface area contributed by atoms with Crippen LogP contribution in [0.1, 0.15) is 41.3 Å². The minimum absolute atomic E-state index is 0.297. The zero-order valence-electron chi connectivity index (χ0n) is 19.7. The van der Waals surface area contributed by atoms with E-state index in [1.807, 2.05) is 36.5 Å². The number of anilines is 1. The Balaban J connectivity index is 1.36. The summed E-state index contributed by atoms with van der Waals surface area (Å²) >= 11 is 1.50. The lowest BCUT2D eigenvalue weighted by Gasteiger charge is -2.38. The Labute approximate surface area is 209 Å². The fraction of sp³-hybridized carbons (Fsp3) is 0.333. The van der Waals surface area contributed by atoms with Crippen molar-refractivity contribution in [3.8, 4) is 11.9 Å². The second kappa shape index (κ2) is 10.1. The molecule has 0 N–H and O–H groups in total. The largest absolute Gasteiger partial charge is 0.472 e. The molecule has 0 radical (unpaired) electrons. The first-order valence-corrected chi connectivity index (χ1v) is 12.6.